The second-order valence-electron chi connectivity index (χ2n) is 6.33. The highest BCUT2D eigenvalue weighted by Crippen LogP contribution is 2.24. The Labute approximate surface area is 161 Å². The lowest BCUT2D eigenvalue weighted by Gasteiger charge is -2.38. The minimum absolute atomic E-state index is 0.245. The van der Waals surface area contributed by atoms with Crippen LogP contribution in [0.25, 0.3) is 0 Å². The smallest absolute Gasteiger partial charge is 0.147 e. The molecule has 140 valence electrons. The molecule has 1 saturated heterocycles. The van der Waals surface area contributed by atoms with Gasteiger partial charge in [0.15, 0.2) is 0 Å². The van der Waals surface area contributed by atoms with E-state index in [4.69, 9.17) is 11.6 Å². The molecule has 0 unspecified atom stereocenters. The first-order valence-electron chi connectivity index (χ1n) is 9.21. The standard InChI is InChI=1S/C14H18ClFN2.C8H10/c1-3-11(2)17-6-8-18(9-7-17)14-5-4-12(15)10-13(14)16;1-2-8-6-4-3-5-7-8/h4-5,10H,2-3,6-9H2,1H3;3-7H,2H2,1H3. The molecule has 4 heteroatoms. The van der Waals surface area contributed by atoms with Crippen LogP contribution >= 0.6 is 11.6 Å². The molecule has 0 saturated carbocycles. The average molecular weight is 375 g/mol. The Morgan fingerprint density at radius 1 is 1.04 bits per heavy atom. The molecular formula is C22H28ClFN2. The zero-order valence-corrected chi connectivity index (χ0v) is 16.5. The van der Waals surface area contributed by atoms with Gasteiger partial charge in [-0.05, 0) is 36.6 Å². The van der Waals surface area contributed by atoms with Gasteiger partial charge in [0.05, 0.1) is 5.69 Å². The first kappa shape index (κ1) is 20.3. The summed E-state index contributed by atoms with van der Waals surface area (Å²) in [5.74, 6) is -0.245. The summed E-state index contributed by atoms with van der Waals surface area (Å²) < 4.78 is 13.8. The van der Waals surface area contributed by atoms with Gasteiger partial charge < -0.3 is 9.80 Å². The fourth-order valence-electron chi connectivity index (χ4n) is 2.94. The molecular weight excluding hydrogens is 347 g/mol. The van der Waals surface area contributed by atoms with Crippen molar-refractivity contribution in [2.45, 2.75) is 26.7 Å². The Kier molecular flexibility index (Phi) is 7.99. The summed E-state index contributed by atoms with van der Waals surface area (Å²) in [4.78, 5) is 4.33. The Morgan fingerprint density at radius 3 is 2.19 bits per heavy atom. The van der Waals surface area contributed by atoms with E-state index in [1.165, 1.54) is 11.6 Å². The third-order valence-electron chi connectivity index (χ3n) is 4.64. The summed E-state index contributed by atoms with van der Waals surface area (Å²) in [6.45, 7) is 11.7. The fraction of sp³-hybridized carbons (Fsp3) is 0.364. The van der Waals surface area contributed by atoms with Crippen LogP contribution in [0.5, 0.6) is 0 Å². The molecule has 1 aliphatic rings. The monoisotopic (exact) mass is 374 g/mol. The SMILES string of the molecule is C=C(CC)N1CCN(c2ccc(Cl)cc2F)CC1.CCc1ccccc1. The topological polar surface area (TPSA) is 6.48 Å². The Balaban J connectivity index is 0.000000254. The molecule has 1 fully saturated rings. The molecule has 0 radical (unpaired) electrons. The van der Waals surface area contributed by atoms with Crippen LogP contribution in [0, 0.1) is 5.82 Å². The summed E-state index contributed by atoms with van der Waals surface area (Å²) in [5, 5.41) is 0.439. The van der Waals surface area contributed by atoms with Gasteiger partial charge >= 0.3 is 0 Å². The number of benzene rings is 2. The third-order valence-corrected chi connectivity index (χ3v) is 4.87. The maximum absolute atomic E-state index is 13.8. The van der Waals surface area contributed by atoms with E-state index >= 15 is 0 Å². The van der Waals surface area contributed by atoms with Gasteiger partial charge in [0.1, 0.15) is 5.82 Å². The second kappa shape index (κ2) is 10.2. The van der Waals surface area contributed by atoms with E-state index in [0.29, 0.717) is 10.7 Å². The number of halogens is 2. The first-order chi connectivity index (χ1) is 12.5. The minimum atomic E-state index is -0.245. The summed E-state index contributed by atoms with van der Waals surface area (Å²) >= 11 is 5.76. The zero-order valence-electron chi connectivity index (χ0n) is 15.7. The Morgan fingerprint density at radius 2 is 1.69 bits per heavy atom. The molecule has 0 N–H and O–H groups in total. The summed E-state index contributed by atoms with van der Waals surface area (Å²) in [5.41, 5.74) is 3.21. The highest BCUT2D eigenvalue weighted by Gasteiger charge is 2.19. The Bertz CT molecular complexity index is 695. The van der Waals surface area contributed by atoms with E-state index in [9.17, 15) is 4.39 Å². The highest BCUT2D eigenvalue weighted by atomic mass is 35.5. The van der Waals surface area contributed by atoms with Gasteiger partial charge in [0, 0.05) is 36.9 Å². The third kappa shape index (κ3) is 5.77. The van der Waals surface area contributed by atoms with E-state index in [0.717, 1.165) is 44.7 Å². The van der Waals surface area contributed by atoms with Crippen LogP contribution < -0.4 is 4.90 Å². The fourth-order valence-corrected chi connectivity index (χ4v) is 3.10. The lowest BCUT2D eigenvalue weighted by molar-refractivity contribution is 0.314. The number of rotatable bonds is 4. The first-order valence-corrected chi connectivity index (χ1v) is 9.59. The number of nitrogens with zero attached hydrogens (tertiary/aromatic N) is 2. The van der Waals surface area contributed by atoms with Gasteiger partial charge in [-0.25, -0.2) is 4.39 Å². The maximum Gasteiger partial charge on any atom is 0.147 e. The average Bonchev–Trinajstić information content (AvgIpc) is 2.69. The van der Waals surface area contributed by atoms with E-state index in [-0.39, 0.29) is 5.82 Å². The van der Waals surface area contributed by atoms with Gasteiger partial charge in [-0.2, -0.15) is 0 Å². The van der Waals surface area contributed by atoms with Crippen LogP contribution in [0.2, 0.25) is 5.02 Å². The lowest BCUT2D eigenvalue weighted by Crippen LogP contribution is -2.45. The molecule has 0 bridgehead atoms. The molecule has 2 nitrogen and oxygen atoms in total. The predicted molar refractivity (Wildman–Crippen MR) is 110 cm³/mol. The van der Waals surface area contributed by atoms with Crippen molar-refractivity contribution in [1.29, 1.82) is 0 Å². The van der Waals surface area contributed by atoms with Crippen molar-refractivity contribution in [3.8, 4) is 0 Å². The molecule has 3 rings (SSSR count). The molecule has 0 amide bonds. The van der Waals surface area contributed by atoms with Crippen molar-refractivity contribution >= 4 is 17.3 Å². The summed E-state index contributed by atoms with van der Waals surface area (Å²) in [6, 6.07) is 15.3. The van der Waals surface area contributed by atoms with Crippen molar-refractivity contribution < 1.29 is 4.39 Å². The largest absolute Gasteiger partial charge is 0.372 e. The van der Waals surface area contributed by atoms with Gasteiger partial charge in [0.25, 0.3) is 0 Å². The van der Waals surface area contributed by atoms with Crippen molar-refractivity contribution in [1.82, 2.24) is 4.90 Å². The molecule has 0 aliphatic carbocycles. The summed E-state index contributed by atoms with van der Waals surface area (Å²) in [7, 11) is 0. The number of anilines is 1. The van der Waals surface area contributed by atoms with Crippen LogP contribution in [-0.2, 0) is 6.42 Å². The van der Waals surface area contributed by atoms with Gasteiger partial charge in [-0.1, -0.05) is 62.4 Å². The van der Waals surface area contributed by atoms with Crippen molar-refractivity contribution in [2.75, 3.05) is 31.1 Å². The van der Waals surface area contributed by atoms with Crippen LogP contribution in [0.1, 0.15) is 25.8 Å². The van der Waals surface area contributed by atoms with E-state index in [1.807, 2.05) is 6.07 Å². The molecule has 26 heavy (non-hydrogen) atoms. The Hall–Kier alpha value is -2.00. The summed E-state index contributed by atoms with van der Waals surface area (Å²) in [6.07, 6.45) is 2.11. The van der Waals surface area contributed by atoms with E-state index < -0.39 is 0 Å². The second-order valence-corrected chi connectivity index (χ2v) is 6.77. The number of aryl methyl sites for hydroxylation is 1. The molecule has 0 atom stereocenters. The normalized spacial score (nSPS) is 13.8. The molecule has 2 aromatic rings. The number of allylic oxidation sites excluding steroid dienone is 1. The van der Waals surface area contributed by atoms with Crippen LogP contribution in [0.15, 0.2) is 60.8 Å². The molecule has 0 aromatic heterocycles. The van der Waals surface area contributed by atoms with Crippen LogP contribution in [0.4, 0.5) is 10.1 Å². The molecule has 2 aromatic carbocycles. The van der Waals surface area contributed by atoms with Gasteiger partial charge in [-0.15, -0.1) is 0 Å². The predicted octanol–water partition coefficient (Wildman–Crippen LogP) is 5.77. The lowest BCUT2D eigenvalue weighted by atomic mass is 10.2. The van der Waals surface area contributed by atoms with Gasteiger partial charge in [-0.3, -0.25) is 0 Å². The molecule has 0 spiro atoms. The van der Waals surface area contributed by atoms with E-state index in [1.54, 1.807) is 12.1 Å². The highest BCUT2D eigenvalue weighted by molar-refractivity contribution is 6.30. The number of piperazine rings is 1. The van der Waals surface area contributed by atoms with E-state index in [2.05, 4.69) is 54.5 Å². The van der Waals surface area contributed by atoms with Gasteiger partial charge in [0.2, 0.25) is 0 Å². The molecule has 1 heterocycles. The number of hydrogen-bond donors (Lipinski definition) is 0. The molecule has 1 aliphatic heterocycles. The van der Waals surface area contributed by atoms with Crippen molar-refractivity contribution in [2.24, 2.45) is 0 Å². The zero-order chi connectivity index (χ0) is 18.9. The van der Waals surface area contributed by atoms with Crippen LogP contribution in [-0.4, -0.2) is 31.1 Å². The van der Waals surface area contributed by atoms with Crippen molar-refractivity contribution in [3.05, 3.63) is 77.2 Å². The van der Waals surface area contributed by atoms with Crippen LogP contribution in [0.3, 0.4) is 0 Å². The number of hydrogen-bond acceptors (Lipinski definition) is 2. The quantitative estimate of drug-likeness (QED) is 0.669. The minimum Gasteiger partial charge on any atom is -0.372 e. The maximum atomic E-state index is 13.8. The van der Waals surface area contributed by atoms with Crippen molar-refractivity contribution in [3.63, 3.8) is 0 Å².